The summed E-state index contributed by atoms with van der Waals surface area (Å²) in [4.78, 5) is 12.4. The summed E-state index contributed by atoms with van der Waals surface area (Å²) in [5, 5.41) is 9.89. The number of hydrogen-bond donors (Lipinski definition) is 1. The Morgan fingerprint density at radius 1 is 1.23 bits per heavy atom. The molecule has 0 aromatic rings. The van der Waals surface area contributed by atoms with Gasteiger partial charge in [-0.15, -0.1) is 0 Å². The summed E-state index contributed by atoms with van der Waals surface area (Å²) in [6.45, 7) is 4.39. The van der Waals surface area contributed by atoms with E-state index < -0.39 is 12.3 Å². The van der Waals surface area contributed by atoms with Gasteiger partial charge in [-0.2, -0.15) is 0 Å². The van der Waals surface area contributed by atoms with Gasteiger partial charge in [-0.05, 0) is 61.7 Å². The molecule has 4 aliphatic rings. The molecule has 22 heavy (non-hydrogen) atoms. The number of ketones is 1. The SMILES string of the molecule is C[C@]12CC(F)C(O)CC1=CC[C@@H]1[C@H]2CC[C@]2(C)C(=O)CC[C@@H]12. The lowest BCUT2D eigenvalue weighted by molar-refractivity contribution is -0.132. The van der Waals surface area contributed by atoms with Gasteiger partial charge in [0.15, 0.2) is 0 Å². The summed E-state index contributed by atoms with van der Waals surface area (Å²) in [6.07, 6.45) is 6.12. The van der Waals surface area contributed by atoms with Crippen molar-refractivity contribution >= 4 is 5.78 Å². The average Bonchev–Trinajstić information content (AvgIpc) is 2.77. The van der Waals surface area contributed by atoms with Crippen molar-refractivity contribution in [2.45, 2.75) is 71.1 Å². The molecule has 0 radical (unpaired) electrons. The minimum Gasteiger partial charge on any atom is -0.390 e. The molecule has 0 aliphatic heterocycles. The van der Waals surface area contributed by atoms with Crippen molar-refractivity contribution < 1.29 is 14.3 Å². The van der Waals surface area contributed by atoms with Crippen molar-refractivity contribution in [1.29, 1.82) is 0 Å². The molecule has 0 bridgehead atoms. The first-order chi connectivity index (χ1) is 10.4. The zero-order chi connectivity index (χ0) is 15.7. The van der Waals surface area contributed by atoms with Crippen LogP contribution in [0.15, 0.2) is 11.6 Å². The van der Waals surface area contributed by atoms with Crippen LogP contribution < -0.4 is 0 Å². The summed E-state index contributed by atoms with van der Waals surface area (Å²) in [6, 6.07) is 0. The van der Waals surface area contributed by atoms with E-state index in [1.54, 1.807) is 0 Å². The van der Waals surface area contributed by atoms with Crippen molar-refractivity contribution in [2.24, 2.45) is 28.6 Å². The molecule has 2 nitrogen and oxygen atoms in total. The van der Waals surface area contributed by atoms with E-state index in [9.17, 15) is 14.3 Å². The first-order valence-electron chi connectivity index (χ1n) is 8.91. The molecule has 2 unspecified atom stereocenters. The summed E-state index contributed by atoms with van der Waals surface area (Å²) < 4.78 is 14.2. The first kappa shape index (κ1) is 14.9. The van der Waals surface area contributed by atoms with E-state index in [1.165, 1.54) is 5.57 Å². The van der Waals surface area contributed by atoms with Crippen molar-refractivity contribution in [2.75, 3.05) is 0 Å². The van der Waals surface area contributed by atoms with Crippen LogP contribution in [0.25, 0.3) is 0 Å². The highest BCUT2D eigenvalue weighted by molar-refractivity contribution is 5.87. The summed E-state index contributed by atoms with van der Waals surface area (Å²) in [7, 11) is 0. The van der Waals surface area contributed by atoms with Gasteiger partial charge < -0.3 is 5.11 Å². The Bertz CT molecular complexity index is 542. The fourth-order valence-electron chi connectivity index (χ4n) is 6.42. The van der Waals surface area contributed by atoms with Gasteiger partial charge >= 0.3 is 0 Å². The third-order valence-electron chi connectivity index (χ3n) is 7.80. The largest absolute Gasteiger partial charge is 0.390 e. The van der Waals surface area contributed by atoms with Crippen LogP contribution in [0.5, 0.6) is 0 Å². The van der Waals surface area contributed by atoms with Gasteiger partial charge in [0.05, 0.1) is 6.10 Å². The van der Waals surface area contributed by atoms with Crippen molar-refractivity contribution in [1.82, 2.24) is 0 Å². The second kappa shape index (κ2) is 4.66. The highest BCUT2D eigenvalue weighted by Crippen LogP contribution is 2.64. The number of carbonyl (C=O) groups excluding carboxylic acids is 1. The Balaban J connectivity index is 1.70. The zero-order valence-electron chi connectivity index (χ0n) is 13.6. The highest BCUT2D eigenvalue weighted by atomic mass is 19.1. The van der Waals surface area contributed by atoms with Crippen LogP contribution in [-0.2, 0) is 4.79 Å². The van der Waals surface area contributed by atoms with Crippen LogP contribution in [0, 0.1) is 28.6 Å². The van der Waals surface area contributed by atoms with Gasteiger partial charge in [0.25, 0.3) is 0 Å². The lowest BCUT2D eigenvalue weighted by Crippen LogP contribution is -2.52. The van der Waals surface area contributed by atoms with Gasteiger partial charge in [-0.1, -0.05) is 25.5 Å². The number of rotatable bonds is 0. The number of hydrogen-bond acceptors (Lipinski definition) is 2. The van der Waals surface area contributed by atoms with Crippen molar-refractivity contribution in [3.05, 3.63) is 11.6 Å². The number of Topliss-reactive ketones (excluding diaryl/α,β-unsaturated/α-hetero) is 1. The molecule has 0 aromatic heterocycles. The fraction of sp³-hybridized carbons (Fsp3) is 0.842. The lowest BCUT2D eigenvalue weighted by Gasteiger charge is -2.57. The Labute approximate surface area is 132 Å². The summed E-state index contributed by atoms with van der Waals surface area (Å²) >= 11 is 0. The summed E-state index contributed by atoms with van der Waals surface area (Å²) in [5.74, 6) is 1.96. The van der Waals surface area contributed by atoms with Gasteiger partial charge in [0, 0.05) is 11.8 Å². The lowest BCUT2D eigenvalue weighted by atomic mass is 9.48. The van der Waals surface area contributed by atoms with E-state index in [2.05, 4.69) is 19.9 Å². The van der Waals surface area contributed by atoms with E-state index in [0.29, 0.717) is 36.4 Å². The second-order valence-corrected chi connectivity index (χ2v) is 8.67. The summed E-state index contributed by atoms with van der Waals surface area (Å²) in [5.41, 5.74) is 1.06. The number of halogens is 1. The van der Waals surface area contributed by atoms with Gasteiger partial charge in [-0.3, -0.25) is 4.79 Å². The molecule has 0 saturated heterocycles. The van der Waals surface area contributed by atoms with E-state index in [4.69, 9.17) is 0 Å². The number of aliphatic hydroxyl groups is 1. The molecule has 3 fully saturated rings. The van der Waals surface area contributed by atoms with E-state index in [1.807, 2.05) is 0 Å². The van der Waals surface area contributed by atoms with Crippen molar-refractivity contribution in [3.8, 4) is 0 Å². The van der Waals surface area contributed by atoms with Crippen LogP contribution in [0.2, 0.25) is 0 Å². The first-order valence-corrected chi connectivity index (χ1v) is 8.91. The van der Waals surface area contributed by atoms with Crippen LogP contribution in [0.3, 0.4) is 0 Å². The van der Waals surface area contributed by atoms with Gasteiger partial charge in [-0.25, -0.2) is 4.39 Å². The topological polar surface area (TPSA) is 37.3 Å². The maximum atomic E-state index is 14.2. The molecule has 1 N–H and O–H groups in total. The third kappa shape index (κ3) is 1.78. The quantitative estimate of drug-likeness (QED) is 0.691. The van der Waals surface area contributed by atoms with Crippen LogP contribution in [0.1, 0.15) is 58.8 Å². The number of allylic oxidation sites excluding steroid dienone is 1. The molecule has 4 rings (SSSR count). The molecule has 7 atom stereocenters. The standard InChI is InChI=1S/C19H27FO2/c1-18-8-7-14-12(13(18)5-6-17(18)22)4-3-11-9-16(21)15(20)10-19(11,14)2/h3,12-16,21H,4-10H2,1-2H3/t12-,13-,14+,15?,16?,18-,19-/m0/s1. The van der Waals surface area contributed by atoms with E-state index in [-0.39, 0.29) is 10.8 Å². The maximum Gasteiger partial charge on any atom is 0.139 e. The predicted octanol–water partition coefficient (Wildman–Crippen LogP) is 3.83. The molecular formula is C19H27FO2. The van der Waals surface area contributed by atoms with Gasteiger partial charge in [0.1, 0.15) is 12.0 Å². The number of alkyl halides is 1. The Morgan fingerprint density at radius 2 is 1.95 bits per heavy atom. The molecule has 0 spiro atoms. The van der Waals surface area contributed by atoms with Crippen LogP contribution >= 0.6 is 0 Å². The third-order valence-corrected chi connectivity index (χ3v) is 7.80. The van der Waals surface area contributed by atoms with Crippen LogP contribution in [-0.4, -0.2) is 23.2 Å². The Morgan fingerprint density at radius 3 is 2.73 bits per heavy atom. The Kier molecular flexibility index (Phi) is 3.15. The maximum absolute atomic E-state index is 14.2. The smallest absolute Gasteiger partial charge is 0.139 e. The highest BCUT2D eigenvalue weighted by Gasteiger charge is 2.59. The van der Waals surface area contributed by atoms with Crippen molar-refractivity contribution in [3.63, 3.8) is 0 Å². The molecule has 0 heterocycles. The molecule has 122 valence electrons. The van der Waals surface area contributed by atoms with E-state index in [0.717, 1.165) is 32.1 Å². The number of carbonyl (C=O) groups is 1. The Hall–Kier alpha value is -0.700. The van der Waals surface area contributed by atoms with Gasteiger partial charge in [0.2, 0.25) is 0 Å². The molecule has 3 heteroatoms. The predicted molar refractivity (Wildman–Crippen MR) is 83.0 cm³/mol. The second-order valence-electron chi connectivity index (χ2n) is 8.67. The fourth-order valence-corrected chi connectivity index (χ4v) is 6.42. The minimum atomic E-state index is -1.10. The average molecular weight is 306 g/mol. The van der Waals surface area contributed by atoms with Crippen LogP contribution in [0.4, 0.5) is 4.39 Å². The number of aliphatic hydroxyl groups excluding tert-OH is 1. The molecule has 0 aromatic carbocycles. The van der Waals surface area contributed by atoms with E-state index >= 15 is 0 Å². The molecule has 0 amide bonds. The molecular weight excluding hydrogens is 279 g/mol. The molecule has 3 saturated carbocycles. The minimum absolute atomic E-state index is 0.103. The monoisotopic (exact) mass is 306 g/mol. The zero-order valence-corrected chi connectivity index (χ0v) is 13.6. The molecule has 4 aliphatic carbocycles. The normalized spacial score (nSPS) is 54.3. The number of fused-ring (bicyclic) bond motifs is 5.